The maximum absolute atomic E-state index is 11.2. The van der Waals surface area contributed by atoms with Gasteiger partial charge in [-0.2, -0.15) is 0 Å². The Morgan fingerprint density at radius 1 is 1.24 bits per heavy atom. The zero-order valence-electron chi connectivity index (χ0n) is 11.5. The van der Waals surface area contributed by atoms with E-state index in [2.05, 4.69) is 10.1 Å². The van der Waals surface area contributed by atoms with Crippen molar-refractivity contribution < 1.29 is 14.4 Å². The minimum absolute atomic E-state index is 0.0878. The van der Waals surface area contributed by atoms with Gasteiger partial charge in [0.15, 0.2) is 0 Å². The molecule has 2 rings (SSSR count). The number of amides is 1. The first kappa shape index (κ1) is 14.5. The van der Waals surface area contributed by atoms with E-state index in [0.717, 1.165) is 0 Å². The van der Waals surface area contributed by atoms with Gasteiger partial charge in [0.25, 0.3) is 5.90 Å². The number of hydrogen-bond acceptors (Lipinski definition) is 5. The van der Waals surface area contributed by atoms with Crippen molar-refractivity contribution in [3.8, 4) is 5.88 Å². The van der Waals surface area contributed by atoms with Gasteiger partial charge in [0.1, 0.15) is 7.11 Å². The highest BCUT2D eigenvalue weighted by atomic mass is 16.6. The zero-order valence-corrected chi connectivity index (χ0v) is 11.5. The average Bonchev–Trinajstić information content (AvgIpc) is 2.48. The molecule has 1 aromatic heterocycles. The van der Waals surface area contributed by atoms with Crippen molar-refractivity contribution in [3.63, 3.8) is 0 Å². The predicted octanol–water partition coefficient (Wildman–Crippen LogP) is 1.50. The Hall–Kier alpha value is -2.89. The molecule has 0 bridgehead atoms. The molecule has 2 N–H and O–H groups in total. The number of pyridine rings is 1. The molecule has 0 saturated heterocycles. The van der Waals surface area contributed by atoms with Crippen molar-refractivity contribution >= 4 is 11.8 Å². The molecule has 108 valence electrons. The lowest BCUT2D eigenvalue weighted by molar-refractivity contribution is -0.117. The third-order valence-corrected chi connectivity index (χ3v) is 2.63. The van der Waals surface area contributed by atoms with Crippen LogP contribution < -0.4 is 10.5 Å². The minimum atomic E-state index is -0.433. The molecule has 1 aromatic carbocycles. The van der Waals surface area contributed by atoms with Gasteiger partial charge in [-0.3, -0.25) is 4.79 Å². The summed E-state index contributed by atoms with van der Waals surface area (Å²) in [5, 5.41) is 3.86. The first-order chi connectivity index (χ1) is 10.2. The number of ether oxygens (including phenoxy) is 1. The number of nitrogens with zero attached hydrogens (tertiary/aromatic N) is 2. The molecule has 0 fully saturated rings. The predicted molar refractivity (Wildman–Crippen MR) is 77.8 cm³/mol. The van der Waals surface area contributed by atoms with Crippen molar-refractivity contribution in [1.29, 1.82) is 0 Å². The van der Waals surface area contributed by atoms with E-state index in [0.29, 0.717) is 17.0 Å². The molecular formula is C15H15N3O3. The van der Waals surface area contributed by atoms with Gasteiger partial charge in [0, 0.05) is 17.8 Å². The Kier molecular flexibility index (Phi) is 4.87. The van der Waals surface area contributed by atoms with E-state index in [4.69, 9.17) is 15.3 Å². The molecule has 0 unspecified atom stereocenters. The van der Waals surface area contributed by atoms with Crippen molar-refractivity contribution in [1.82, 2.24) is 4.98 Å². The molecule has 0 aliphatic heterocycles. The molecule has 0 aliphatic rings. The number of aromatic nitrogens is 1. The number of carbonyl (C=O) groups is 1. The molecule has 0 atom stereocenters. The van der Waals surface area contributed by atoms with Crippen LogP contribution in [0.15, 0.2) is 53.8 Å². The largest absolute Gasteiger partial charge is 0.417 e. The lowest BCUT2D eigenvalue weighted by Crippen LogP contribution is -2.19. The van der Waals surface area contributed by atoms with Gasteiger partial charge in [0.05, 0.1) is 6.42 Å². The van der Waals surface area contributed by atoms with Crippen LogP contribution in [0.4, 0.5) is 0 Å². The third kappa shape index (κ3) is 4.04. The van der Waals surface area contributed by atoms with Crippen molar-refractivity contribution in [2.24, 2.45) is 10.9 Å². The van der Waals surface area contributed by atoms with Crippen LogP contribution in [0.2, 0.25) is 0 Å². The summed E-state index contributed by atoms with van der Waals surface area (Å²) in [6.45, 7) is 0. The Morgan fingerprint density at radius 2 is 2.00 bits per heavy atom. The molecule has 0 radical (unpaired) electrons. The second-order valence-electron chi connectivity index (χ2n) is 4.15. The van der Waals surface area contributed by atoms with Gasteiger partial charge in [-0.1, -0.05) is 24.3 Å². The van der Waals surface area contributed by atoms with E-state index in [9.17, 15) is 4.79 Å². The maximum Gasteiger partial charge on any atom is 0.264 e. The number of primary amides is 1. The van der Waals surface area contributed by atoms with E-state index >= 15 is 0 Å². The Morgan fingerprint density at radius 3 is 2.67 bits per heavy atom. The van der Waals surface area contributed by atoms with Crippen LogP contribution in [0.3, 0.4) is 0 Å². The lowest BCUT2D eigenvalue weighted by atomic mass is 10.0. The van der Waals surface area contributed by atoms with E-state index in [1.54, 1.807) is 36.5 Å². The molecule has 0 saturated carbocycles. The summed E-state index contributed by atoms with van der Waals surface area (Å²) >= 11 is 0. The number of rotatable bonds is 5. The fraction of sp³-hybridized carbons (Fsp3) is 0.133. The fourth-order valence-corrected chi connectivity index (χ4v) is 1.78. The molecule has 6 heteroatoms. The molecular weight excluding hydrogens is 270 g/mol. The van der Waals surface area contributed by atoms with Gasteiger partial charge >= 0.3 is 0 Å². The smallest absolute Gasteiger partial charge is 0.264 e. The normalized spacial score (nSPS) is 11.0. The highest BCUT2D eigenvalue weighted by Gasteiger charge is 2.14. The molecule has 1 amide bonds. The van der Waals surface area contributed by atoms with Crippen molar-refractivity contribution in [2.45, 2.75) is 6.42 Å². The highest BCUT2D eigenvalue weighted by Crippen LogP contribution is 2.14. The first-order valence-corrected chi connectivity index (χ1v) is 6.27. The quantitative estimate of drug-likeness (QED) is 0.512. The van der Waals surface area contributed by atoms with Crippen LogP contribution in [0.25, 0.3) is 0 Å². The summed E-state index contributed by atoms with van der Waals surface area (Å²) in [4.78, 5) is 20.0. The number of oxime groups is 1. The average molecular weight is 285 g/mol. The van der Waals surface area contributed by atoms with Crippen LogP contribution in [-0.2, 0) is 16.1 Å². The van der Waals surface area contributed by atoms with Crippen LogP contribution in [0.1, 0.15) is 11.1 Å². The Bertz CT molecular complexity index is 642. The van der Waals surface area contributed by atoms with E-state index < -0.39 is 5.91 Å². The molecule has 0 aliphatic carbocycles. The second-order valence-corrected chi connectivity index (χ2v) is 4.15. The van der Waals surface area contributed by atoms with Gasteiger partial charge in [-0.25, -0.2) is 4.98 Å². The van der Waals surface area contributed by atoms with Crippen LogP contribution in [-0.4, -0.2) is 23.9 Å². The van der Waals surface area contributed by atoms with Crippen molar-refractivity contribution in [2.75, 3.05) is 7.11 Å². The SMILES string of the molecule is CO/N=C(/Oc1ccccn1)c1ccccc1CC(N)=O. The summed E-state index contributed by atoms with van der Waals surface area (Å²) in [5.74, 6) is 0.160. The summed E-state index contributed by atoms with van der Waals surface area (Å²) < 4.78 is 5.62. The number of nitrogens with two attached hydrogens (primary N) is 1. The molecule has 2 aromatic rings. The monoisotopic (exact) mass is 285 g/mol. The van der Waals surface area contributed by atoms with Crippen molar-refractivity contribution in [3.05, 3.63) is 59.8 Å². The van der Waals surface area contributed by atoms with E-state index in [1.165, 1.54) is 7.11 Å². The minimum Gasteiger partial charge on any atom is -0.417 e. The third-order valence-electron chi connectivity index (χ3n) is 2.63. The summed E-state index contributed by atoms with van der Waals surface area (Å²) in [6.07, 6.45) is 1.69. The number of benzene rings is 1. The summed E-state index contributed by atoms with van der Waals surface area (Å²) in [5.41, 5.74) is 6.59. The van der Waals surface area contributed by atoms with E-state index in [1.807, 2.05) is 12.1 Å². The molecule has 6 nitrogen and oxygen atoms in total. The van der Waals surface area contributed by atoms with Crippen LogP contribution >= 0.6 is 0 Å². The van der Waals surface area contributed by atoms with Gasteiger partial charge in [0.2, 0.25) is 11.8 Å². The van der Waals surface area contributed by atoms with Gasteiger partial charge in [-0.15, -0.1) is 0 Å². The topological polar surface area (TPSA) is 86.8 Å². The zero-order chi connectivity index (χ0) is 15.1. The molecule has 1 heterocycles. The maximum atomic E-state index is 11.2. The Labute approximate surface area is 122 Å². The van der Waals surface area contributed by atoms with E-state index in [-0.39, 0.29) is 12.3 Å². The molecule has 0 spiro atoms. The second kappa shape index (κ2) is 7.04. The molecule has 21 heavy (non-hydrogen) atoms. The van der Waals surface area contributed by atoms with Gasteiger partial charge < -0.3 is 15.3 Å². The highest BCUT2D eigenvalue weighted by molar-refractivity contribution is 5.97. The standard InChI is InChI=1S/C15H15N3O3/c1-20-18-15(21-14-8-4-5-9-17-14)12-7-3-2-6-11(12)10-13(16)19/h2-9H,10H2,1H3,(H2,16,19)/b18-15+. The first-order valence-electron chi connectivity index (χ1n) is 6.27. The number of hydrogen-bond donors (Lipinski definition) is 1. The lowest BCUT2D eigenvalue weighted by Gasteiger charge is -2.11. The van der Waals surface area contributed by atoms with Crippen LogP contribution in [0, 0.1) is 0 Å². The van der Waals surface area contributed by atoms with Gasteiger partial charge in [-0.05, 0) is 22.9 Å². The Balaban J connectivity index is 2.35. The fourth-order valence-electron chi connectivity index (χ4n) is 1.78. The summed E-state index contributed by atoms with van der Waals surface area (Å²) in [7, 11) is 1.42. The van der Waals surface area contributed by atoms with Crippen LogP contribution in [0.5, 0.6) is 5.88 Å². The summed E-state index contributed by atoms with van der Waals surface area (Å²) in [6, 6.07) is 12.5. The number of carbonyl (C=O) groups excluding carboxylic acids is 1.